The highest BCUT2D eigenvalue weighted by Crippen LogP contribution is 2.17. The summed E-state index contributed by atoms with van der Waals surface area (Å²) in [4.78, 5) is 37.8. The number of hydrogen-bond acceptors (Lipinski definition) is 6. The molecule has 0 radical (unpaired) electrons. The zero-order valence-corrected chi connectivity index (χ0v) is 37.7. The van der Waals surface area contributed by atoms with Gasteiger partial charge in [-0.2, -0.15) is 0 Å². The number of ether oxygens (including phenoxy) is 3. The monoisotopic (exact) mass is 779 g/mol. The first-order valence-corrected chi connectivity index (χ1v) is 24.1. The zero-order valence-electron chi connectivity index (χ0n) is 37.7. The summed E-state index contributed by atoms with van der Waals surface area (Å²) in [7, 11) is 0. The molecular weight excluding hydrogens is 685 g/mol. The Balaban J connectivity index is 4.28. The minimum Gasteiger partial charge on any atom is -0.462 e. The molecule has 0 aromatic heterocycles. The maximum Gasteiger partial charge on any atom is 0.306 e. The van der Waals surface area contributed by atoms with Crippen LogP contribution in [0.5, 0.6) is 0 Å². The van der Waals surface area contributed by atoms with Gasteiger partial charge in [0.25, 0.3) is 0 Å². The number of rotatable bonds is 42. The third kappa shape index (κ3) is 41.9. The fraction of sp³-hybridized carbons (Fsp3) is 0.939. The molecule has 0 spiro atoms. The van der Waals surface area contributed by atoms with Crippen LogP contribution in [-0.4, -0.2) is 37.2 Å². The SMILES string of the molecule is CCC(C)CCCCCCCCCCC(=O)OC[C@@H](COC(=O)CCCCCCCCCCCCCCCC(C)C)OC(=O)CCCCCCCCC(C)C. The van der Waals surface area contributed by atoms with Gasteiger partial charge in [-0.05, 0) is 37.0 Å². The lowest BCUT2D eigenvalue weighted by molar-refractivity contribution is -0.167. The molecule has 0 bridgehead atoms. The summed E-state index contributed by atoms with van der Waals surface area (Å²) >= 11 is 0. The van der Waals surface area contributed by atoms with E-state index in [1.54, 1.807) is 0 Å². The molecule has 0 fully saturated rings. The van der Waals surface area contributed by atoms with Gasteiger partial charge >= 0.3 is 17.9 Å². The number of carbonyl (C=O) groups is 3. The van der Waals surface area contributed by atoms with E-state index in [0.717, 1.165) is 75.5 Å². The standard InChI is InChI=1S/C49H94O6/c1-7-45(6)37-31-25-18-15-16-20-27-33-39-48(51)54-42-46(55-49(52)40-34-28-22-21-24-30-36-44(4)5)41-53-47(50)38-32-26-19-14-12-10-8-9-11-13-17-23-29-35-43(2)3/h43-46H,7-42H2,1-6H3/t45?,46-/m1/s1. The van der Waals surface area contributed by atoms with E-state index in [1.807, 2.05) is 0 Å². The second-order valence-electron chi connectivity index (χ2n) is 17.9. The molecule has 0 aliphatic carbocycles. The van der Waals surface area contributed by atoms with E-state index in [4.69, 9.17) is 14.2 Å². The highest BCUT2D eigenvalue weighted by Gasteiger charge is 2.19. The molecule has 0 aromatic rings. The van der Waals surface area contributed by atoms with E-state index in [0.29, 0.717) is 19.3 Å². The largest absolute Gasteiger partial charge is 0.462 e. The number of hydrogen-bond donors (Lipinski definition) is 0. The summed E-state index contributed by atoms with van der Waals surface area (Å²) in [5.74, 6) is 1.58. The van der Waals surface area contributed by atoms with Gasteiger partial charge in [0, 0.05) is 19.3 Å². The molecule has 0 saturated heterocycles. The quantitative estimate of drug-likeness (QED) is 0.0349. The Morgan fingerprint density at radius 2 is 0.636 bits per heavy atom. The van der Waals surface area contributed by atoms with Crippen molar-refractivity contribution in [3.05, 3.63) is 0 Å². The van der Waals surface area contributed by atoms with Crippen molar-refractivity contribution in [1.29, 1.82) is 0 Å². The smallest absolute Gasteiger partial charge is 0.306 e. The van der Waals surface area contributed by atoms with Gasteiger partial charge in [-0.15, -0.1) is 0 Å². The van der Waals surface area contributed by atoms with Crippen LogP contribution in [0.3, 0.4) is 0 Å². The van der Waals surface area contributed by atoms with Crippen LogP contribution >= 0.6 is 0 Å². The third-order valence-corrected chi connectivity index (χ3v) is 11.3. The molecule has 0 aliphatic rings. The van der Waals surface area contributed by atoms with Crippen molar-refractivity contribution >= 4 is 17.9 Å². The van der Waals surface area contributed by atoms with Crippen molar-refractivity contribution in [2.45, 2.75) is 266 Å². The lowest BCUT2D eigenvalue weighted by atomic mass is 9.99. The van der Waals surface area contributed by atoms with Crippen LogP contribution in [0.25, 0.3) is 0 Å². The van der Waals surface area contributed by atoms with Crippen molar-refractivity contribution in [2.24, 2.45) is 17.8 Å². The first kappa shape index (κ1) is 53.4. The zero-order chi connectivity index (χ0) is 40.6. The van der Waals surface area contributed by atoms with Gasteiger partial charge in [0.1, 0.15) is 13.2 Å². The van der Waals surface area contributed by atoms with E-state index in [2.05, 4.69) is 41.5 Å². The van der Waals surface area contributed by atoms with Crippen LogP contribution in [-0.2, 0) is 28.6 Å². The Morgan fingerprint density at radius 1 is 0.364 bits per heavy atom. The average molecular weight is 779 g/mol. The minimum atomic E-state index is -0.762. The fourth-order valence-corrected chi connectivity index (χ4v) is 7.20. The average Bonchev–Trinajstić information content (AvgIpc) is 3.15. The summed E-state index contributed by atoms with van der Waals surface area (Å²) < 4.78 is 16.7. The number of esters is 3. The molecule has 0 heterocycles. The van der Waals surface area contributed by atoms with Crippen molar-refractivity contribution in [1.82, 2.24) is 0 Å². The van der Waals surface area contributed by atoms with E-state index >= 15 is 0 Å². The van der Waals surface area contributed by atoms with Crippen molar-refractivity contribution in [3.63, 3.8) is 0 Å². The predicted molar refractivity (Wildman–Crippen MR) is 233 cm³/mol. The molecule has 0 amide bonds. The van der Waals surface area contributed by atoms with Gasteiger partial charge in [0.15, 0.2) is 6.10 Å². The van der Waals surface area contributed by atoms with Gasteiger partial charge in [-0.3, -0.25) is 14.4 Å². The van der Waals surface area contributed by atoms with E-state index in [-0.39, 0.29) is 31.1 Å². The summed E-state index contributed by atoms with van der Waals surface area (Å²) in [6, 6.07) is 0. The molecular formula is C49H94O6. The maximum atomic E-state index is 12.7. The topological polar surface area (TPSA) is 78.9 Å². The molecule has 2 atom stereocenters. The molecule has 0 aromatic carbocycles. The van der Waals surface area contributed by atoms with Crippen molar-refractivity contribution in [3.8, 4) is 0 Å². The molecule has 6 nitrogen and oxygen atoms in total. The van der Waals surface area contributed by atoms with Crippen LogP contribution in [0.15, 0.2) is 0 Å². The summed E-state index contributed by atoms with van der Waals surface area (Å²) in [6.07, 6.45) is 38.1. The van der Waals surface area contributed by atoms with E-state index in [1.165, 1.54) is 141 Å². The molecule has 0 rings (SSSR count). The van der Waals surface area contributed by atoms with Crippen LogP contribution < -0.4 is 0 Å². The van der Waals surface area contributed by atoms with Gasteiger partial charge in [0.2, 0.25) is 0 Å². The van der Waals surface area contributed by atoms with Crippen LogP contribution in [0.4, 0.5) is 0 Å². The minimum absolute atomic E-state index is 0.0665. The Kier molecular flexibility index (Phi) is 39.4. The molecule has 6 heteroatoms. The highest BCUT2D eigenvalue weighted by molar-refractivity contribution is 5.71. The first-order chi connectivity index (χ1) is 26.6. The predicted octanol–water partition coefficient (Wildman–Crippen LogP) is 15.2. The molecule has 55 heavy (non-hydrogen) atoms. The Morgan fingerprint density at radius 3 is 0.945 bits per heavy atom. The molecule has 0 N–H and O–H groups in total. The van der Waals surface area contributed by atoms with Crippen molar-refractivity contribution < 1.29 is 28.6 Å². The highest BCUT2D eigenvalue weighted by atomic mass is 16.6. The lowest BCUT2D eigenvalue weighted by Gasteiger charge is -2.18. The van der Waals surface area contributed by atoms with Crippen molar-refractivity contribution in [2.75, 3.05) is 13.2 Å². The van der Waals surface area contributed by atoms with E-state index in [9.17, 15) is 14.4 Å². The van der Waals surface area contributed by atoms with Crippen LogP contribution in [0.1, 0.15) is 260 Å². The third-order valence-electron chi connectivity index (χ3n) is 11.3. The van der Waals surface area contributed by atoms with Gasteiger partial charge in [-0.25, -0.2) is 0 Å². The second kappa shape index (κ2) is 40.6. The molecule has 1 unspecified atom stereocenters. The fourth-order valence-electron chi connectivity index (χ4n) is 7.20. The summed E-state index contributed by atoms with van der Waals surface area (Å²) in [5, 5.41) is 0. The number of carbonyl (C=O) groups excluding carboxylic acids is 3. The normalized spacial score (nSPS) is 12.7. The molecule has 0 aliphatic heterocycles. The Bertz CT molecular complexity index is 854. The lowest BCUT2D eigenvalue weighted by Crippen LogP contribution is -2.30. The van der Waals surface area contributed by atoms with Crippen LogP contribution in [0.2, 0.25) is 0 Å². The van der Waals surface area contributed by atoms with E-state index < -0.39 is 6.10 Å². The van der Waals surface area contributed by atoms with Gasteiger partial charge in [-0.1, -0.05) is 221 Å². The molecule has 0 saturated carbocycles. The van der Waals surface area contributed by atoms with Gasteiger partial charge in [0.05, 0.1) is 0 Å². The Labute approximate surface area is 342 Å². The molecule has 326 valence electrons. The van der Waals surface area contributed by atoms with Crippen LogP contribution in [0, 0.1) is 17.8 Å². The first-order valence-electron chi connectivity index (χ1n) is 24.1. The maximum absolute atomic E-state index is 12.7. The van der Waals surface area contributed by atoms with Gasteiger partial charge < -0.3 is 14.2 Å². The second-order valence-corrected chi connectivity index (χ2v) is 17.9. The summed E-state index contributed by atoms with van der Waals surface area (Å²) in [5.41, 5.74) is 0. The summed E-state index contributed by atoms with van der Waals surface area (Å²) in [6.45, 7) is 13.6. The Hall–Kier alpha value is -1.59. The number of unbranched alkanes of at least 4 members (excludes halogenated alkanes) is 24.